The summed E-state index contributed by atoms with van der Waals surface area (Å²) < 4.78 is 3.76. The minimum atomic E-state index is 0. The van der Waals surface area contributed by atoms with Crippen LogP contribution in [0.4, 0.5) is 0 Å². The molecular formula is C36H60I2N2. The van der Waals surface area contributed by atoms with E-state index in [1.54, 1.807) is 0 Å². The molecule has 0 aromatic carbocycles. The maximum Gasteiger partial charge on any atom is 0.171 e. The molecule has 0 aliphatic heterocycles. The van der Waals surface area contributed by atoms with Crippen LogP contribution in [0.2, 0.25) is 0 Å². The summed E-state index contributed by atoms with van der Waals surface area (Å²) in [5.74, 6) is 0. The normalized spacial score (nSPS) is 11.0. The van der Waals surface area contributed by atoms with Crippen LogP contribution in [0, 0.1) is 0 Å². The van der Waals surface area contributed by atoms with E-state index in [9.17, 15) is 0 Å². The Morgan fingerprint density at radius 2 is 0.975 bits per heavy atom. The number of unbranched alkanes of at least 4 members (excludes halogenated alkanes) is 20. The third kappa shape index (κ3) is 22.4. The highest BCUT2D eigenvalue weighted by Gasteiger charge is 2.03. The second kappa shape index (κ2) is 28.9. The van der Waals surface area contributed by atoms with Gasteiger partial charge in [-0.2, -0.15) is 0 Å². The van der Waals surface area contributed by atoms with Crippen molar-refractivity contribution < 1.29 is 28.5 Å². The molecule has 0 fully saturated rings. The fourth-order valence-electron chi connectivity index (χ4n) is 5.64. The summed E-state index contributed by atoms with van der Waals surface area (Å²) in [5.41, 5.74) is 2.92. The minimum absolute atomic E-state index is 0. The molecule has 0 saturated carbocycles. The summed E-state index contributed by atoms with van der Waals surface area (Å²) in [5, 5.41) is 0. The number of pyridine rings is 2. The van der Waals surface area contributed by atoms with Gasteiger partial charge in [0.05, 0.1) is 0 Å². The van der Waals surface area contributed by atoms with Gasteiger partial charge in [0.2, 0.25) is 0 Å². The third-order valence-electron chi connectivity index (χ3n) is 8.12. The van der Waals surface area contributed by atoms with E-state index in [2.05, 4.69) is 62.7 Å². The van der Waals surface area contributed by atoms with Crippen LogP contribution in [0.25, 0.3) is 0 Å². The van der Waals surface area contributed by atoms with E-state index >= 15 is 0 Å². The van der Waals surface area contributed by atoms with Gasteiger partial charge in [-0.3, -0.25) is 4.98 Å². The van der Waals surface area contributed by atoms with Crippen molar-refractivity contribution in [2.75, 3.05) is 4.43 Å². The highest BCUT2D eigenvalue weighted by molar-refractivity contribution is 14.1. The maximum atomic E-state index is 4.21. The monoisotopic (exact) mass is 774 g/mol. The van der Waals surface area contributed by atoms with Crippen molar-refractivity contribution in [1.29, 1.82) is 0 Å². The molecule has 0 bridgehead atoms. The van der Waals surface area contributed by atoms with E-state index in [4.69, 9.17) is 0 Å². The van der Waals surface area contributed by atoms with Crippen LogP contribution in [0.1, 0.15) is 152 Å². The lowest BCUT2D eigenvalue weighted by atomic mass is 10.0. The van der Waals surface area contributed by atoms with E-state index in [-0.39, 0.29) is 24.0 Å². The van der Waals surface area contributed by atoms with Gasteiger partial charge in [-0.05, 0) is 60.6 Å². The van der Waals surface area contributed by atoms with Gasteiger partial charge in [0.25, 0.3) is 0 Å². The van der Waals surface area contributed by atoms with Gasteiger partial charge in [-0.1, -0.05) is 138 Å². The molecule has 2 aromatic heterocycles. The van der Waals surface area contributed by atoms with Gasteiger partial charge in [0.1, 0.15) is 6.54 Å². The zero-order chi connectivity index (χ0) is 27.5. The highest BCUT2D eigenvalue weighted by Crippen LogP contribution is 2.14. The standard InChI is InChI=1S/C36H60IN2.HI/c37-29-21-17-13-9-5-1-3-8-12-16-20-26-36-28-24-32-39(34-36)31-22-18-14-10-6-2-4-7-11-15-19-25-35-27-23-30-38-33-35;/h23-24,27-28,30,32-34H,1-22,25-26,29,31H2;1H/q+1;/p-1. The van der Waals surface area contributed by atoms with Crippen LogP contribution >= 0.6 is 22.6 Å². The second-order valence-corrected chi connectivity index (χ2v) is 12.9. The highest BCUT2D eigenvalue weighted by atomic mass is 127. The number of nitrogens with zero attached hydrogens (tertiary/aromatic N) is 2. The van der Waals surface area contributed by atoms with E-state index in [0.717, 1.165) is 0 Å². The SMILES string of the molecule is ICCCCCCCCCCCCCc1ccc[n+](CCCCCCCCCCCCCc2cccnc2)c1.[I-]. The minimum Gasteiger partial charge on any atom is -1.00 e. The lowest BCUT2D eigenvalue weighted by Crippen LogP contribution is -3.00. The molecule has 0 N–H and O–H groups in total. The molecule has 40 heavy (non-hydrogen) atoms. The number of hydrogen-bond donors (Lipinski definition) is 0. The Labute approximate surface area is 279 Å². The van der Waals surface area contributed by atoms with Crippen LogP contribution in [0.15, 0.2) is 49.1 Å². The molecule has 0 saturated heterocycles. The lowest BCUT2D eigenvalue weighted by molar-refractivity contribution is -0.697. The predicted octanol–water partition coefficient (Wildman–Crippen LogP) is 8.18. The Hall–Kier alpha value is -0.240. The molecule has 2 aromatic rings. The zero-order valence-corrected chi connectivity index (χ0v) is 30.0. The molecule has 2 rings (SSSR count). The number of halogens is 2. The van der Waals surface area contributed by atoms with Gasteiger partial charge < -0.3 is 24.0 Å². The molecule has 0 aliphatic carbocycles. The van der Waals surface area contributed by atoms with E-state index < -0.39 is 0 Å². The summed E-state index contributed by atoms with van der Waals surface area (Å²) in [6.45, 7) is 1.19. The number of alkyl halides is 1. The predicted molar refractivity (Wildman–Crippen MR) is 179 cm³/mol. The van der Waals surface area contributed by atoms with E-state index in [1.807, 2.05) is 18.5 Å². The van der Waals surface area contributed by atoms with Crippen LogP contribution in [-0.2, 0) is 19.4 Å². The van der Waals surface area contributed by atoms with Gasteiger partial charge in [0, 0.05) is 30.4 Å². The van der Waals surface area contributed by atoms with Crippen LogP contribution in [-0.4, -0.2) is 9.41 Å². The summed E-state index contributed by atoms with van der Waals surface area (Å²) >= 11 is 2.50. The van der Waals surface area contributed by atoms with E-state index in [1.165, 1.54) is 176 Å². The Kier molecular flexibility index (Phi) is 27.3. The summed E-state index contributed by atoms with van der Waals surface area (Å²) in [6, 6.07) is 8.83. The number of aryl methyl sites for hydroxylation is 3. The quantitative estimate of drug-likeness (QED) is 0.0388. The molecule has 0 aliphatic rings. The lowest BCUT2D eigenvalue weighted by Gasteiger charge is -2.04. The Bertz CT molecular complexity index is 783. The van der Waals surface area contributed by atoms with Gasteiger partial charge in [-0.15, -0.1) is 0 Å². The van der Waals surface area contributed by atoms with Crippen molar-refractivity contribution >= 4 is 22.6 Å². The Morgan fingerprint density at radius 1 is 0.525 bits per heavy atom. The smallest absolute Gasteiger partial charge is 0.171 e. The molecule has 0 spiro atoms. The topological polar surface area (TPSA) is 16.8 Å². The second-order valence-electron chi connectivity index (χ2n) is 11.8. The van der Waals surface area contributed by atoms with Crippen molar-refractivity contribution in [2.24, 2.45) is 0 Å². The maximum absolute atomic E-state index is 4.21. The van der Waals surface area contributed by atoms with Crippen LogP contribution < -0.4 is 28.5 Å². The number of hydrogen-bond acceptors (Lipinski definition) is 1. The van der Waals surface area contributed by atoms with Crippen LogP contribution in [0.5, 0.6) is 0 Å². The largest absolute Gasteiger partial charge is 1.00 e. The fraction of sp³-hybridized carbons (Fsp3) is 0.722. The van der Waals surface area contributed by atoms with E-state index in [0.29, 0.717) is 0 Å². The number of rotatable bonds is 27. The van der Waals surface area contributed by atoms with Crippen molar-refractivity contribution in [2.45, 2.75) is 161 Å². The van der Waals surface area contributed by atoms with Crippen molar-refractivity contribution in [1.82, 2.24) is 4.98 Å². The average Bonchev–Trinajstić information content (AvgIpc) is 2.97. The summed E-state index contributed by atoms with van der Waals surface area (Å²) in [6.07, 6.45) is 42.1. The molecule has 0 radical (unpaired) electrons. The molecule has 4 heteroatoms. The molecule has 0 amide bonds. The van der Waals surface area contributed by atoms with Gasteiger partial charge >= 0.3 is 0 Å². The third-order valence-corrected chi connectivity index (χ3v) is 8.89. The summed E-state index contributed by atoms with van der Waals surface area (Å²) in [7, 11) is 0. The fourth-order valence-corrected chi connectivity index (χ4v) is 6.18. The molecule has 2 nitrogen and oxygen atoms in total. The van der Waals surface area contributed by atoms with Crippen molar-refractivity contribution in [3.8, 4) is 0 Å². The average molecular weight is 775 g/mol. The van der Waals surface area contributed by atoms with Gasteiger partial charge in [-0.25, -0.2) is 4.57 Å². The van der Waals surface area contributed by atoms with Crippen LogP contribution in [0.3, 0.4) is 0 Å². The Morgan fingerprint density at radius 3 is 1.48 bits per heavy atom. The first-order chi connectivity index (χ1) is 19.4. The van der Waals surface area contributed by atoms with Crippen molar-refractivity contribution in [3.05, 3.63) is 60.2 Å². The molecule has 2 heterocycles. The Balaban J connectivity index is 0.00000800. The molecule has 0 atom stereocenters. The molecular weight excluding hydrogens is 714 g/mol. The first kappa shape index (κ1) is 37.8. The zero-order valence-electron chi connectivity index (χ0n) is 25.7. The summed E-state index contributed by atoms with van der Waals surface area (Å²) in [4.78, 5) is 4.21. The number of aromatic nitrogens is 2. The first-order valence-electron chi connectivity index (χ1n) is 16.8. The van der Waals surface area contributed by atoms with Gasteiger partial charge in [0.15, 0.2) is 12.4 Å². The molecule has 228 valence electrons. The van der Waals surface area contributed by atoms with Crippen molar-refractivity contribution in [3.63, 3.8) is 0 Å². The first-order valence-corrected chi connectivity index (χ1v) is 18.3. The molecule has 0 unspecified atom stereocenters.